The maximum atomic E-state index is 12.1. The highest BCUT2D eigenvalue weighted by molar-refractivity contribution is 6.05. The summed E-state index contributed by atoms with van der Waals surface area (Å²) in [6, 6.07) is 7.21. The Morgan fingerprint density at radius 3 is 2.76 bits per heavy atom. The van der Waals surface area contributed by atoms with Crippen LogP contribution in [0.4, 0.5) is 5.69 Å². The van der Waals surface area contributed by atoms with Crippen LogP contribution in [0.5, 0.6) is 0 Å². The number of carbonyl (C=O) groups excluding carboxylic acids is 2. The molecule has 1 aromatic heterocycles. The number of aryl methyl sites for hydroxylation is 1. The molecule has 6 nitrogen and oxygen atoms in total. The first-order valence-corrected chi connectivity index (χ1v) is 6.86. The summed E-state index contributed by atoms with van der Waals surface area (Å²) in [5.74, 6) is -0.353. The van der Waals surface area contributed by atoms with Crippen LogP contribution in [-0.2, 0) is 0 Å². The summed E-state index contributed by atoms with van der Waals surface area (Å²) in [5.41, 5.74) is 2.32. The second-order valence-electron chi connectivity index (χ2n) is 5.19. The van der Waals surface area contributed by atoms with Crippen LogP contribution < -0.4 is 10.6 Å². The minimum atomic E-state index is -0.249. The third kappa shape index (κ3) is 3.10. The van der Waals surface area contributed by atoms with E-state index in [1.54, 1.807) is 31.2 Å². The molecule has 0 spiro atoms. The van der Waals surface area contributed by atoms with Gasteiger partial charge in [0, 0.05) is 23.0 Å². The highest BCUT2D eigenvalue weighted by Gasteiger charge is 2.23. The smallest absolute Gasteiger partial charge is 0.259 e. The van der Waals surface area contributed by atoms with Gasteiger partial charge in [0.25, 0.3) is 11.8 Å². The quantitative estimate of drug-likeness (QED) is 0.801. The molecule has 3 N–H and O–H groups in total. The van der Waals surface area contributed by atoms with Crippen LogP contribution in [-0.4, -0.2) is 28.1 Å². The predicted octanol–water partition coefficient (Wildman–Crippen LogP) is 1.86. The molecule has 0 atom stereocenters. The molecule has 1 aliphatic carbocycles. The number of H-pyrrole nitrogens is 1. The minimum absolute atomic E-state index is 0.104. The lowest BCUT2D eigenvalue weighted by molar-refractivity contribution is 0.0949. The van der Waals surface area contributed by atoms with E-state index in [9.17, 15) is 9.59 Å². The average molecular weight is 284 g/mol. The predicted molar refractivity (Wildman–Crippen MR) is 78.2 cm³/mol. The summed E-state index contributed by atoms with van der Waals surface area (Å²) in [6.07, 6.45) is 3.57. The summed E-state index contributed by atoms with van der Waals surface area (Å²) in [7, 11) is 0. The van der Waals surface area contributed by atoms with Gasteiger partial charge in [-0.3, -0.25) is 14.7 Å². The average Bonchev–Trinajstić information content (AvgIpc) is 3.17. The third-order valence-corrected chi connectivity index (χ3v) is 3.37. The summed E-state index contributed by atoms with van der Waals surface area (Å²) >= 11 is 0. The monoisotopic (exact) mass is 284 g/mol. The molecule has 0 saturated heterocycles. The van der Waals surface area contributed by atoms with Crippen molar-refractivity contribution in [3.8, 4) is 0 Å². The zero-order valence-corrected chi connectivity index (χ0v) is 11.6. The van der Waals surface area contributed by atoms with Gasteiger partial charge in [0.15, 0.2) is 0 Å². The molecule has 0 unspecified atom stereocenters. The van der Waals surface area contributed by atoms with Gasteiger partial charge in [-0.15, -0.1) is 0 Å². The molecule has 1 fully saturated rings. The molecule has 3 rings (SSSR count). The van der Waals surface area contributed by atoms with Crippen molar-refractivity contribution in [3.63, 3.8) is 0 Å². The van der Waals surface area contributed by atoms with Crippen molar-refractivity contribution in [3.05, 3.63) is 47.3 Å². The summed E-state index contributed by atoms with van der Waals surface area (Å²) in [6.45, 7) is 1.78. The van der Waals surface area contributed by atoms with E-state index in [4.69, 9.17) is 0 Å². The largest absolute Gasteiger partial charge is 0.349 e. The number of hydrogen-bond acceptors (Lipinski definition) is 3. The number of benzene rings is 1. The fourth-order valence-corrected chi connectivity index (χ4v) is 2.01. The van der Waals surface area contributed by atoms with Crippen molar-refractivity contribution in [1.29, 1.82) is 0 Å². The Kier molecular flexibility index (Phi) is 3.43. The van der Waals surface area contributed by atoms with E-state index in [0.717, 1.165) is 12.8 Å². The standard InChI is InChI=1S/C15H16N4O2/c1-9-13(8-16-19-9)15(21)18-12-4-2-3-10(7-12)14(20)17-11-5-6-11/h2-4,7-8,11H,5-6H2,1H3,(H,16,19)(H,17,20)(H,18,21). The second kappa shape index (κ2) is 5.40. The van der Waals surface area contributed by atoms with Crippen molar-refractivity contribution in [2.75, 3.05) is 5.32 Å². The summed E-state index contributed by atoms with van der Waals surface area (Å²) < 4.78 is 0. The van der Waals surface area contributed by atoms with Gasteiger partial charge >= 0.3 is 0 Å². The van der Waals surface area contributed by atoms with Crippen molar-refractivity contribution in [2.24, 2.45) is 0 Å². The highest BCUT2D eigenvalue weighted by Crippen LogP contribution is 2.20. The molecular formula is C15H16N4O2. The highest BCUT2D eigenvalue weighted by atomic mass is 16.2. The zero-order valence-electron chi connectivity index (χ0n) is 11.6. The van der Waals surface area contributed by atoms with E-state index in [1.807, 2.05) is 0 Å². The zero-order chi connectivity index (χ0) is 14.8. The number of amides is 2. The molecule has 1 heterocycles. The van der Waals surface area contributed by atoms with E-state index < -0.39 is 0 Å². The molecule has 0 radical (unpaired) electrons. The fraction of sp³-hybridized carbons (Fsp3) is 0.267. The molecule has 0 aliphatic heterocycles. The molecule has 2 aromatic rings. The number of hydrogen-bond donors (Lipinski definition) is 3. The van der Waals surface area contributed by atoms with Crippen molar-refractivity contribution in [2.45, 2.75) is 25.8 Å². The summed E-state index contributed by atoms with van der Waals surface area (Å²) in [5, 5.41) is 12.2. The van der Waals surface area contributed by atoms with Gasteiger partial charge in [0.1, 0.15) is 0 Å². The maximum absolute atomic E-state index is 12.1. The van der Waals surface area contributed by atoms with Crippen LogP contribution in [0, 0.1) is 6.92 Å². The van der Waals surface area contributed by atoms with Gasteiger partial charge in [0.05, 0.1) is 11.8 Å². The van der Waals surface area contributed by atoms with E-state index in [-0.39, 0.29) is 11.8 Å². The molecule has 21 heavy (non-hydrogen) atoms. The van der Waals surface area contributed by atoms with Gasteiger partial charge in [-0.2, -0.15) is 5.10 Å². The lowest BCUT2D eigenvalue weighted by Crippen LogP contribution is -2.25. The molecule has 108 valence electrons. The Balaban J connectivity index is 1.72. The first-order chi connectivity index (χ1) is 10.1. The molecular weight excluding hydrogens is 268 g/mol. The fourth-order valence-electron chi connectivity index (χ4n) is 2.01. The van der Waals surface area contributed by atoms with Crippen LogP contribution in [0.15, 0.2) is 30.5 Å². The molecule has 0 bridgehead atoms. The first-order valence-electron chi connectivity index (χ1n) is 6.86. The van der Waals surface area contributed by atoms with Gasteiger partial charge in [-0.1, -0.05) is 6.07 Å². The maximum Gasteiger partial charge on any atom is 0.259 e. The Morgan fingerprint density at radius 1 is 1.29 bits per heavy atom. The number of rotatable bonds is 4. The summed E-state index contributed by atoms with van der Waals surface area (Å²) in [4.78, 5) is 24.1. The Hall–Kier alpha value is -2.63. The molecule has 1 saturated carbocycles. The van der Waals surface area contributed by atoms with Crippen molar-refractivity contribution < 1.29 is 9.59 Å². The van der Waals surface area contributed by atoms with E-state index in [2.05, 4.69) is 20.8 Å². The number of anilines is 1. The van der Waals surface area contributed by atoms with Gasteiger partial charge < -0.3 is 10.6 Å². The van der Waals surface area contributed by atoms with Gasteiger partial charge in [-0.25, -0.2) is 0 Å². The van der Waals surface area contributed by atoms with Crippen LogP contribution >= 0.6 is 0 Å². The lowest BCUT2D eigenvalue weighted by Gasteiger charge is -2.07. The Morgan fingerprint density at radius 2 is 2.10 bits per heavy atom. The Bertz CT molecular complexity index is 688. The van der Waals surface area contributed by atoms with Gasteiger partial charge in [-0.05, 0) is 38.0 Å². The topological polar surface area (TPSA) is 86.9 Å². The lowest BCUT2D eigenvalue weighted by atomic mass is 10.1. The van der Waals surface area contributed by atoms with E-state index >= 15 is 0 Å². The number of nitrogens with one attached hydrogen (secondary N) is 3. The number of aromatic nitrogens is 2. The number of carbonyl (C=O) groups is 2. The molecule has 6 heteroatoms. The molecule has 1 aromatic carbocycles. The molecule has 2 amide bonds. The normalized spacial score (nSPS) is 13.8. The van der Waals surface area contributed by atoms with Crippen molar-refractivity contribution in [1.82, 2.24) is 15.5 Å². The van der Waals surface area contributed by atoms with E-state index in [1.165, 1.54) is 6.20 Å². The van der Waals surface area contributed by atoms with Crippen LogP contribution in [0.2, 0.25) is 0 Å². The SMILES string of the molecule is Cc1[nH]ncc1C(=O)Nc1cccc(C(=O)NC2CC2)c1. The Labute approximate surface area is 121 Å². The van der Waals surface area contributed by atoms with Crippen molar-refractivity contribution >= 4 is 17.5 Å². The minimum Gasteiger partial charge on any atom is -0.349 e. The van der Waals surface area contributed by atoms with Gasteiger partial charge in [0.2, 0.25) is 0 Å². The van der Waals surface area contributed by atoms with E-state index in [0.29, 0.717) is 28.6 Å². The second-order valence-corrected chi connectivity index (χ2v) is 5.19. The first kappa shape index (κ1) is 13.4. The number of nitrogens with zero attached hydrogens (tertiary/aromatic N) is 1. The molecule has 1 aliphatic rings. The van der Waals surface area contributed by atoms with Crippen LogP contribution in [0.25, 0.3) is 0 Å². The number of aromatic amines is 1. The van der Waals surface area contributed by atoms with Crippen LogP contribution in [0.1, 0.15) is 39.3 Å². The van der Waals surface area contributed by atoms with Crippen LogP contribution in [0.3, 0.4) is 0 Å². The third-order valence-electron chi connectivity index (χ3n) is 3.37.